The Morgan fingerprint density at radius 2 is 1.89 bits per heavy atom. The van der Waals surface area contributed by atoms with Crippen LogP contribution >= 0.6 is 0 Å². The second kappa shape index (κ2) is 6.48. The molecule has 0 aliphatic rings. The lowest BCUT2D eigenvalue weighted by atomic mass is 10.0. The van der Waals surface area contributed by atoms with Gasteiger partial charge in [0.1, 0.15) is 17.4 Å². The summed E-state index contributed by atoms with van der Waals surface area (Å²) in [6.07, 6.45) is 2.73. The molecule has 0 saturated heterocycles. The highest BCUT2D eigenvalue weighted by molar-refractivity contribution is 5.22. The van der Waals surface area contributed by atoms with Crippen LogP contribution in [0, 0.1) is 11.6 Å². The van der Waals surface area contributed by atoms with E-state index in [0.717, 1.165) is 13.0 Å². The number of rotatable bonds is 6. The molecule has 0 bridgehead atoms. The number of hydrogen-bond donors (Lipinski definition) is 1. The predicted molar refractivity (Wildman–Crippen MR) is 69.8 cm³/mol. The van der Waals surface area contributed by atoms with Gasteiger partial charge in [0.15, 0.2) is 0 Å². The molecule has 0 fully saturated rings. The van der Waals surface area contributed by atoms with Gasteiger partial charge in [-0.05, 0) is 37.2 Å². The van der Waals surface area contributed by atoms with Gasteiger partial charge in [-0.25, -0.2) is 8.78 Å². The topological polar surface area (TPSA) is 25.2 Å². The van der Waals surface area contributed by atoms with Gasteiger partial charge >= 0.3 is 0 Å². The number of benzene rings is 1. The smallest absolute Gasteiger partial charge is 0.129 e. The molecule has 4 heteroatoms. The third-order valence-corrected chi connectivity index (χ3v) is 3.00. The van der Waals surface area contributed by atoms with Crippen molar-refractivity contribution in [2.45, 2.75) is 25.8 Å². The van der Waals surface area contributed by atoms with Crippen LogP contribution in [-0.2, 0) is 6.42 Å². The van der Waals surface area contributed by atoms with E-state index in [9.17, 15) is 8.78 Å². The molecule has 0 aliphatic heterocycles. The zero-order valence-electron chi connectivity index (χ0n) is 10.8. The van der Waals surface area contributed by atoms with Gasteiger partial charge in [0.2, 0.25) is 0 Å². The van der Waals surface area contributed by atoms with Crippen LogP contribution < -0.4 is 5.32 Å². The van der Waals surface area contributed by atoms with Crippen molar-refractivity contribution in [1.82, 2.24) is 5.32 Å². The van der Waals surface area contributed by atoms with Gasteiger partial charge in [0, 0.05) is 12.0 Å². The Hall–Kier alpha value is -1.68. The zero-order chi connectivity index (χ0) is 13.7. The molecular weight excluding hydrogens is 248 g/mol. The van der Waals surface area contributed by atoms with E-state index in [1.165, 1.54) is 18.2 Å². The van der Waals surface area contributed by atoms with E-state index < -0.39 is 11.6 Å². The lowest BCUT2D eigenvalue weighted by molar-refractivity contribution is 0.401. The minimum Gasteiger partial charge on any atom is -0.468 e. The minimum absolute atomic E-state index is 0.0903. The maximum atomic E-state index is 13.7. The molecule has 102 valence electrons. The molecule has 0 amide bonds. The van der Waals surface area contributed by atoms with Crippen LogP contribution in [0.2, 0.25) is 0 Å². The van der Waals surface area contributed by atoms with Crippen molar-refractivity contribution in [2.24, 2.45) is 0 Å². The fraction of sp³-hybridized carbons (Fsp3) is 0.333. The number of furan rings is 1. The maximum absolute atomic E-state index is 13.7. The molecule has 1 unspecified atom stereocenters. The van der Waals surface area contributed by atoms with Crippen molar-refractivity contribution in [3.05, 3.63) is 59.6 Å². The summed E-state index contributed by atoms with van der Waals surface area (Å²) < 4.78 is 32.7. The van der Waals surface area contributed by atoms with Crippen molar-refractivity contribution in [3.8, 4) is 0 Å². The summed E-state index contributed by atoms with van der Waals surface area (Å²) in [5, 5.41) is 3.25. The molecule has 2 rings (SSSR count). The summed E-state index contributed by atoms with van der Waals surface area (Å²) in [5.74, 6) is -0.346. The molecule has 19 heavy (non-hydrogen) atoms. The van der Waals surface area contributed by atoms with E-state index >= 15 is 0 Å². The largest absolute Gasteiger partial charge is 0.468 e. The van der Waals surface area contributed by atoms with Gasteiger partial charge < -0.3 is 9.73 Å². The Morgan fingerprint density at radius 3 is 2.47 bits per heavy atom. The number of hydrogen-bond acceptors (Lipinski definition) is 2. The fourth-order valence-corrected chi connectivity index (χ4v) is 2.01. The maximum Gasteiger partial charge on any atom is 0.129 e. The first-order valence-electron chi connectivity index (χ1n) is 6.42. The van der Waals surface area contributed by atoms with E-state index in [1.54, 1.807) is 12.3 Å². The Morgan fingerprint density at radius 1 is 1.16 bits per heavy atom. The van der Waals surface area contributed by atoms with Gasteiger partial charge in [-0.2, -0.15) is 0 Å². The van der Waals surface area contributed by atoms with Gasteiger partial charge in [-0.3, -0.25) is 0 Å². The standard InChI is InChI=1S/C15H17F2NO/c1-2-8-18-14(15-7-4-9-19-15)10-11-12(16)5-3-6-13(11)17/h3-7,9,14,18H,2,8,10H2,1H3. The van der Waals surface area contributed by atoms with Crippen LogP contribution in [0.5, 0.6) is 0 Å². The van der Waals surface area contributed by atoms with Crippen LogP contribution in [0.4, 0.5) is 8.78 Å². The van der Waals surface area contributed by atoms with Gasteiger partial charge in [0.05, 0.1) is 12.3 Å². The Kier molecular flexibility index (Phi) is 4.68. The molecule has 0 spiro atoms. The van der Waals surface area contributed by atoms with E-state index in [-0.39, 0.29) is 18.0 Å². The van der Waals surface area contributed by atoms with Crippen LogP contribution in [0.25, 0.3) is 0 Å². The van der Waals surface area contributed by atoms with Crippen LogP contribution in [-0.4, -0.2) is 6.54 Å². The summed E-state index contributed by atoms with van der Waals surface area (Å²) in [6.45, 7) is 2.80. The molecule has 1 atom stereocenters. The Balaban J connectivity index is 2.20. The van der Waals surface area contributed by atoms with Gasteiger partial charge in [-0.15, -0.1) is 0 Å². The third kappa shape index (κ3) is 3.41. The molecule has 1 heterocycles. The highest BCUT2D eigenvalue weighted by atomic mass is 19.1. The minimum atomic E-state index is -0.519. The number of halogens is 2. The second-order valence-electron chi connectivity index (χ2n) is 4.43. The Bertz CT molecular complexity index is 491. The lowest BCUT2D eigenvalue weighted by Crippen LogP contribution is -2.24. The molecule has 0 radical (unpaired) electrons. The first-order valence-corrected chi connectivity index (χ1v) is 6.42. The summed E-state index contributed by atoms with van der Waals surface area (Å²) >= 11 is 0. The van der Waals surface area contributed by atoms with Crippen molar-refractivity contribution in [2.75, 3.05) is 6.54 Å². The zero-order valence-corrected chi connectivity index (χ0v) is 10.8. The first kappa shape index (κ1) is 13.7. The highest BCUT2D eigenvalue weighted by Gasteiger charge is 2.18. The molecule has 1 aromatic carbocycles. The molecule has 1 aromatic heterocycles. The molecular formula is C15H17F2NO. The molecule has 0 aliphatic carbocycles. The monoisotopic (exact) mass is 265 g/mol. The summed E-state index contributed by atoms with van der Waals surface area (Å²) in [6, 6.07) is 7.28. The Labute approximate surface area is 111 Å². The third-order valence-electron chi connectivity index (χ3n) is 3.00. The van der Waals surface area contributed by atoms with Crippen LogP contribution in [0.3, 0.4) is 0 Å². The molecule has 2 nitrogen and oxygen atoms in total. The lowest BCUT2D eigenvalue weighted by Gasteiger charge is -2.17. The van der Waals surface area contributed by atoms with Crippen molar-refractivity contribution >= 4 is 0 Å². The normalized spacial score (nSPS) is 12.6. The SMILES string of the molecule is CCCNC(Cc1c(F)cccc1F)c1ccco1. The highest BCUT2D eigenvalue weighted by Crippen LogP contribution is 2.22. The van der Waals surface area contributed by atoms with Crippen LogP contribution in [0.1, 0.15) is 30.7 Å². The fourth-order valence-electron chi connectivity index (χ4n) is 2.01. The molecule has 2 aromatic rings. The van der Waals surface area contributed by atoms with Crippen molar-refractivity contribution < 1.29 is 13.2 Å². The average Bonchev–Trinajstić information content (AvgIpc) is 2.91. The molecule has 0 saturated carbocycles. The van der Waals surface area contributed by atoms with E-state index in [1.807, 2.05) is 13.0 Å². The van der Waals surface area contributed by atoms with E-state index in [0.29, 0.717) is 5.76 Å². The number of nitrogens with one attached hydrogen (secondary N) is 1. The predicted octanol–water partition coefficient (Wildman–Crippen LogP) is 3.84. The summed E-state index contributed by atoms with van der Waals surface area (Å²) in [7, 11) is 0. The van der Waals surface area contributed by atoms with Crippen LogP contribution in [0.15, 0.2) is 41.0 Å². The average molecular weight is 265 g/mol. The van der Waals surface area contributed by atoms with E-state index in [2.05, 4.69) is 5.32 Å². The van der Waals surface area contributed by atoms with Gasteiger partial charge in [0.25, 0.3) is 0 Å². The second-order valence-corrected chi connectivity index (χ2v) is 4.43. The van der Waals surface area contributed by atoms with Gasteiger partial charge in [-0.1, -0.05) is 13.0 Å². The van der Waals surface area contributed by atoms with Crippen molar-refractivity contribution in [3.63, 3.8) is 0 Å². The first-order chi connectivity index (χ1) is 9.22. The summed E-state index contributed by atoms with van der Waals surface area (Å²) in [4.78, 5) is 0. The molecule has 1 N–H and O–H groups in total. The summed E-state index contributed by atoms with van der Waals surface area (Å²) in [5.41, 5.74) is 0.0903. The van der Waals surface area contributed by atoms with Crippen molar-refractivity contribution in [1.29, 1.82) is 0 Å². The quantitative estimate of drug-likeness (QED) is 0.858. The van der Waals surface area contributed by atoms with E-state index in [4.69, 9.17) is 4.42 Å².